The van der Waals surface area contributed by atoms with Gasteiger partial charge < -0.3 is 10.1 Å². The first-order valence-corrected chi connectivity index (χ1v) is 4.88. The van der Waals surface area contributed by atoms with Gasteiger partial charge in [0.1, 0.15) is 5.69 Å². The molecule has 4 heteroatoms. The number of hydrogen-bond donors (Lipinski definition) is 1. The van der Waals surface area contributed by atoms with Gasteiger partial charge in [-0.2, -0.15) is 0 Å². The molecule has 78 valence electrons. The Morgan fingerprint density at radius 2 is 1.81 bits per heavy atom. The van der Waals surface area contributed by atoms with Gasteiger partial charge in [0.25, 0.3) is 0 Å². The maximum atomic E-state index is 10.4. The Balaban J connectivity index is 2.08. The molecule has 0 aromatic heterocycles. The molecule has 0 amide bonds. The van der Waals surface area contributed by atoms with Crippen molar-refractivity contribution in [1.82, 2.24) is 0 Å². The molecule has 0 aliphatic carbocycles. The van der Waals surface area contributed by atoms with Crippen LogP contribution < -0.4 is 10.1 Å². The van der Waals surface area contributed by atoms with E-state index in [9.17, 15) is 4.91 Å². The van der Waals surface area contributed by atoms with Crippen LogP contribution in [0.4, 0.5) is 17.1 Å². The Hall–Kier alpha value is -2.36. The van der Waals surface area contributed by atoms with Crippen molar-refractivity contribution in [2.45, 2.75) is 0 Å². The molecule has 1 N–H and O–H groups in total. The highest BCUT2D eigenvalue weighted by atomic mass is 16.5. The van der Waals surface area contributed by atoms with Crippen molar-refractivity contribution in [3.8, 4) is 11.5 Å². The summed E-state index contributed by atoms with van der Waals surface area (Å²) >= 11 is 0. The lowest BCUT2D eigenvalue weighted by Crippen LogP contribution is -2.01. The van der Waals surface area contributed by atoms with Crippen molar-refractivity contribution in [1.29, 1.82) is 0 Å². The summed E-state index contributed by atoms with van der Waals surface area (Å²) < 4.78 is 5.66. The summed E-state index contributed by atoms with van der Waals surface area (Å²) in [6, 6.07) is 12.7. The molecular weight excluding hydrogens is 204 g/mol. The number of nitrogens with zero attached hydrogens (tertiary/aromatic N) is 1. The first-order chi connectivity index (χ1) is 7.86. The molecule has 1 aliphatic heterocycles. The van der Waals surface area contributed by atoms with Gasteiger partial charge in [-0.05, 0) is 29.4 Å². The number of anilines is 2. The van der Waals surface area contributed by atoms with Crippen molar-refractivity contribution >= 4 is 17.1 Å². The molecule has 2 aromatic carbocycles. The topological polar surface area (TPSA) is 50.7 Å². The van der Waals surface area contributed by atoms with Crippen LogP contribution in [0.15, 0.2) is 47.6 Å². The van der Waals surface area contributed by atoms with Crippen molar-refractivity contribution in [3.63, 3.8) is 0 Å². The zero-order valence-corrected chi connectivity index (χ0v) is 8.31. The lowest BCUT2D eigenvalue weighted by molar-refractivity contribution is 0.481. The van der Waals surface area contributed by atoms with Gasteiger partial charge in [0.05, 0.1) is 11.4 Å². The van der Waals surface area contributed by atoms with Crippen LogP contribution in [0, 0.1) is 4.91 Å². The van der Waals surface area contributed by atoms with Crippen LogP contribution in [0.3, 0.4) is 0 Å². The summed E-state index contributed by atoms with van der Waals surface area (Å²) in [4.78, 5) is 10.4. The van der Waals surface area contributed by atoms with E-state index in [0.29, 0.717) is 11.4 Å². The first kappa shape index (κ1) is 8.91. The zero-order valence-electron chi connectivity index (χ0n) is 8.31. The van der Waals surface area contributed by atoms with Crippen LogP contribution in [0.25, 0.3) is 0 Å². The van der Waals surface area contributed by atoms with E-state index in [0.717, 1.165) is 17.1 Å². The molecule has 16 heavy (non-hydrogen) atoms. The second-order valence-electron chi connectivity index (χ2n) is 3.49. The second-order valence-corrected chi connectivity index (χ2v) is 3.49. The molecule has 0 atom stereocenters. The summed E-state index contributed by atoms with van der Waals surface area (Å²) in [5, 5.41) is 6.10. The van der Waals surface area contributed by atoms with Crippen molar-refractivity contribution < 1.29 is 4.74 Å². The molecule has 1 aliphatic rings. The van der Waals surface area contributed by atoms with E-state index in [2.05, 4.69) is 10.5 Å². The predicted molar refractivity (Wildman–Crippen MR) is 61.7 cm³/mol. The van der Waals surface area contributed by atoms with E-state index < -0.39 is 0 Å². The normalized spacial score (nSPS) is 11.8. The Kier molecular flexibility index (Phi) is 1.86. The van der Waals surface area contributed by atoms with Gasteiger partial charge in [-0.1, -0.05) is 12.1 Å². The van der Waals surface area contributed by atoms with Crippen LogP contribution in [-0.4, -0.2) is 0 Å². The van der Waals surface area contributed by atoms with Gasteiger partial charge in [-0.15, -0.1) is 4.91 Å². The van der Waals surface area contributed by atoms with Crippen LogP contribution >= 0.6 is 0 Å². The number of nitrogens with one attached hydrogen (secondary N) is 1. The van der Waals surface area contributed by atoms with E-state index in [1.54, 1.807) is 18.2 Å². The molecule has 0 saturated heterocycles. The highest BCUT2D eigenvalue weighted by Crippen LogP contribution is 2.42. The summed E-state index contributed by atoms with van der Waals surface area (Å²) in [5.74, 6) is 1.37. The number of hydrogen-bond acceptors (Lipinski definition) is 4. The largest absolute Gasteiger partial charge is 0.453 e. The second kappa shape index (κ2) is 3.34. The summed E-state index contributed by atoms with van der Waals surface area (Å²) in [5.41, 5.74) is 2.12. The minimum Gasteiger partial charge on any atom is -0.453 e. The average Bonchev–Trinajstić information content (AvgIpc) is 2.35. The number of nitroso groups, excluding NO2 is 1. The highest BCUT2D eigenvalue weighted by Gasteiger charge is 2.15. The van der Waals surface area contributed by atoms with Crippen LogP contribution in [0.2, 0.25) is 0 Å². The summed E-state index contributed by atoms with van der Waals surface area (Å²) in [7, 11) is 0. The maximum Gasteiger partial charge on any atom is 0.153 e. The van der Waals surface area contributed by atoms with Gasteiger partial charge in [0.15, 0.2) is 11.5 Å². The van der Waals surface area contributed by atoms with Crippen LogP contribution in [0.1, 0.15) is 0 Å². The fourth-order valence-corrected chi connectivity index (χ4v) is 1.68. The third kappa shape index (κ3) is 1.32. The molecule has 0 unspecified atom stereocenters. The van der Waals surface area contributed by atoms with E-state index in [-0.39, 0.29) is 0 Å². The highest BCUT2D eigenvalue weighted by molar-refractivity contribution is 5.76. The SMILES string of the molecule is O=Nc1ccc2c(c1)Oc1ccccc1N2. The third-order valence-electron chi connectivity index (χ3n) is 2.45. The van der Waals surface area contributed by atoms with Gasteiger partial charge in [-0.25, -0.2) is 0 Å². The molecular formula is C12H8N2O2. The Morgan fingerprint density at radius 1 is 1.00 bits per heavy atom. The lowest BCUT2D eigenvalue weighted by atomic mass is 10.2. The van der Waals surface area contributed by atoms with Crippen molar-refractivity contribution in [2.24, 2.45) is 5.18 Å². The molecule has 0 fully saturated rings. The molecule has 1 heterocycles. The van der Waals surface area contributed by atoms with E-state index >= 15 is 0 Å². The Bertz CT molecular complexity index is 567. The maximum absolute atomic E-state index is 10.4. The monoisotopic (exact) mass is 212 g/mol. The predicted octanol–water partition coefficient (Wildman–Crippen LogP) is 3.93. The quantitative estimate of drug-likeness (QED) is 0.621. The van der Waals surface area contributed by atoms with E-state index in [4.69, 9.17) is 4.74 Å². The first-order valence-electron chi connectivity index (χ1n) is 4.88. The molecule has 0 bridgehead atoms. The molecule has 2 aromatic rings. The van der Waals surface area contributed by atoms with Gasteiger partial charge in [-0.3, -0.25) is 0 Å². The Labute approximate surface area is 91.8 Å². The van der Waals surface area contributed by atoms with E-state index in [1.165, 1.54) is 0 Å². The fraction of sp³-hybridized carbons (Fsp3) is 0. The minimum atomic E-state index is 0.361. The average molecular weight is 212 g/mol. The third-order valence-corrected chi connectivity index (χ3v) is 2.45. The Morgan fingerprint density at radius 3 is 2.69 bits per heavy atom. The van der Waals surface area contributed by atoms with Crippen molar-refractivity contribution in [3.05, 3.63) is 47.4 Å². The number of benzene rings is 2. The zero-order chi connectivity index (χ0) is 11.0. The molecule has 3 rings (SSSR count). The van der Waals surface area contributed by atoms with Crippen LogP contribution in [-0.2, 0) is 0 Å². The molecule has 4 nitrogen and oxygen atoms in total. The van der Waals surface area contributed by atoms with Gasteiger partial charge >= 0.3 is 0 Å². The standard InChI is InChI=1S/C12H8N2O2/c15-14-8-5-6-10-12(7-8)16-11-4-2-1-3-9(11)13-10/h1-7,13H. The van der Waals surface area contributed by atoms with E-state index in [1.807, 2.05) is 24.3 Å². The smallest absolute Gasteiger partial charge is 0.153 e. The molecule has 0 spiro atoms. The number of rotatable bonds is 1. The summed E-state index contributed by atoms with van der Waals surface area (Å²) in [6.07, 6.45) is 0. The lowest BCUT2D eigenvalue weighted by Gasteiger charge is -2.21. The summed E-state index contributed by atoms with van der Waals surface area (Å²) in [6.45, 7) is 0. The van der Waals surface area contributed by atoms with Gasteiger partial charge in [0.2, 0.25) is 0 Å². The van der Waals surface area contributed by atoms with Crippen molar-refractivity contribution in [2.75, 3.05) is 5.32 Å². The number of fused-ring (bicyclic) bond motifs is 2. The fourth-order valence-electron chi connectivity index (χ4n) is 1.68. The number of para-hydroxylation sites is 2. The number of ether oxygens (including phenoxy) is 1. The van der Waals surface area contributed by atoms with Crippen LogP contribution in [0.5, 0.6) is 11.5 Å². The minimum absolute atomic E-state index is 0.361. The molecule has 0 radical (unpaired) electrons. The molecule has 0 saturated carbocycles. The van der Waals surface area contributed by atoms with Gasteiger partial charge in [0, 0.05) is 6.07 Å².